The van der Waals surface area contributed by atoms with E-state index in [0.717, 1.165) is 6.07 Å². The van der Waals surface area contributed by atoms with Gasteiger partial charge in [0.1, 0.15) is 12.4 Å². The van der Waals surface area contributed by atoms with Gasteiger partial charge in [-0.25, -0.2) is 9.18 Å². The minimum absolute atomic E-state index is 0.0644. The molecular formula is C15H9Cl2FN2O3. The van der Waals surface area contributed by atoms with Crippen LogP contribution in [0.4, 0.5) is 10.1 Å². The van der Waals surface area contributed by atoms with Gasteiger partial charge in [-0.2, -0.15) is 0 Å². The molecule has 1 amide bonds. The van der Waals surface area contributed by atoms with Crippen molar-refractivity contribution in [2.75, 3.05) is 5.32 Å². The van der Waals surface area contributed by atoms with E-state index < -0.39 is 17.5 Å². The molecule has 5 nitrogen and oxygen atoms in total. The highest BCUT2D eigenvalue weighted by Gasteiger charge is 2.14. The first-order valence-electron chi connectivity index (χ1n) is 6.48. The van der Waals surface area contributed by atoms with Gasteiger partial charge in [0.2, 0.25) is 5.91 Å². The number of carbonyl (C=O) groups excluding carboxylic acids is 1. The molecule has 0 fully saturated rings. The van der Waals surface area contributed by atoms with Crippen LogP contribution in [0.3, 0.4) is 0 Å². The van der Waals surface area contributed by atoms with Gasteiger partial charge in [0.15, 0.2) is 5.58 Å². The van der Waals surface area contributed by atoms with Gasteiger partial charge in [0.25, 0.3) is 0 Å². The molecule has 2 aromatic carbocycles. The molecule has 0 aliphatic carbocycles. The third-order valence-corrected chi connectivity index (χ3v) is 3.69. The van der Waals surface area contributed by atoms with E-state index in [0.29, 0.717) is 10.5 Å². The van der Waals surface area contributed by atoms with Crippen LogP contribution < -0.4 is 11.1 Å². The Hall–Kier alpha value is -2.31. The average Bonchev–Trinajstić information content (AvgIpc) is 2.77. The molecule has 0 aliphatic heterocycles. The maximum atomic E-state index is 13.0. The van der Waals surface area contributed by atoms with Crippen LogP contribution in [0.1, 0.15) is 0 Å². The lowest BCUT2D eigenvalue weighted by Crippen LogP contribution is -2.24. The van der Waals surface area contributed by atoms with Gasteiger partial charge in [0, 0.05) is 11.1 Å². The first-order chi connectivity index (χ1) is 10.9. The number of rotatable bonds is 3. The number of benzene rings is 2. The molecule has 8 heteroatoms. The molecule has 0 saturated carbocycles. The van der Waals surface area contributed by atoms with Gasteiger partial charge in [0.05, 0.1) is 16.2 Å². The topological polar surface area (TPSA) is 64.2 Å². The van der Waals surface area contributed by atoms with Crippen LogP contribution >= 0.6 is 23.2 Å². The van der Waals surface area contributed by atoms with Crippen LogP contribution in [0, 0.1) is 5.82 Å². The minimum atomic E-state index is -0.678. The van der Waals surface area contributed by atoms with E-state index in [1.54, 1.807) is 12.1 Å². The van der Waals surface area contributed by atoms with Crippen molar-refractivity contribution in [1.82, 2.24) is 4.57 Å². The Morgan fingerprint density at radius 1 is 1.22 bits per heavy atom. The monoisotopic (exact) mass is 354 g/mol. The third-order valence-electron chi connectivity index (χ3n) is 3.14. The predicted octanol–water partition coefficient (Wildman–Crippen LogP) is 3.68. The zero-order chi connectivity index (χ0) is 16.6. The Morgan fingerprint density at radius 2 is 2.00 bits per heavy atom. The van der Waals surface area contributed by atoms with E-state index in [9.17, 15) is 14.0 Å². The number of aromatic nitrogens is 1. The molecule has 1 N–H and O–H groups in total. The smallest absolute Gasteiger partial charge is 0.408 e. The van der Waals surface area contributed by atoms with Crippen molar-refractivity contribution < 1.29 is 13.6 Å². The van der Waals surface area contributed by atoms with E-state index in [1.807, 2.05) is 0 Å². The highest BCUT2D eigenvalue weighted by Crippen LogP contribution is 2.23. The molecule has 0 unspecified atom stereocenters. The number of nitrogens with zero attached hydrogens (tertiary/aromatic N) is 1. The van der Waals surface area contributed by atoms with Gasteiger partial charge in [-0.15, -0.1) is 0 Å². The summed E-state index contributed by atoms with van der Waals surface area (Å²) in [6, 6.07) is 8.25. The summed E-state index contributed by atoms with van der Waals surface area (Å²) in [5.74, 6) is -1.69. The lowest BCUT2D eigenvalue weighted by molar-refractivity contribution is -0.116. The molecule has 0 aliphatic rings. The predicted molar refractivity (Wildman–Crippen MR) is 85.5 cm³/mol. The highest BCUT2D eigenvalue weighted by atomic mass is 35.5. The Bertz CT molecular complexity index is 965. The van der Waals surface area contributed by atoms with Crippen molar-refractivity contribution in [3.63, 3.8) is 0 Å². The third kappa shape index (κ3) is 3.23. The number of hydrogen-bond acceptors (Lipinski definition) is 3. The van der Waals surface area contributed by atoms with Gasteiger partial charge < -0.3 is 9.73 Å². The Labute approximate surface area is 139 Å². The number of oxazole rings is 1. The van der Waals surface area contributed by atoms with E-state index in [4.69, 9.17) is 27.6 Å². The van der Waals surface area contributed by atoms with E-state index >= 15 is 0 Å². The SMILES string of the molecule is O=C(Cn1c(=O)oc2cc(Cl)ccc21)Nc1ccc(F)cc1Cl. The van der Waals surface area contributed by atoms with Gasteiger partial charge in [-0.1, -0.05) is 23.2 Å². The van der Waals surface area contributed by atoms with E-state index in [-0.39, 0.29) is 22.8 Å². The quantitative estimate of drug-likeness (QED) is 0.780. The van der Waals surface area contributed by atoms with Crippen LogP contribution in [0.5, 0.6) is 0 Å². The Morgan fingerprint density at radius 3 is 2.74 bits per heavy atom. The fourth-order valence-corrected chi connectivity index (χ4v) is 2.49. The van der Waals surface area contributed by atoms with Gasteiger partial charge in [-0.05, 0) is 30.3 Å². The largest absolute Gasteiger partial charge is 0.420 e. The molecule has 118 valence electrons. The first kappa shape index (κ1) is 15.6. The van der Waals surface area contributed by atoms with Crippen molar-refractivity contribution in [3.8, 4) is 0 Å². The van der Waals surface area contributed by atoms with Crippen molar-refractivity contribution in [2.24, 2.45) is 0 Å². The normalized spacial score (nSPS) is 10.9. The Balaban J connectivity index is 1.86. The average molecular weight is 355 g/mol. The summed E-state index contributed by atoms with van der Waals surface area (Å²) < 4.78 is 19.2. The maximum Gasteiger partial charge on any atom is 0.420 e. The van der Waals surface area contributed by atoms with Crippen LogP contribution in [0.25, 0.3) is 11.1 Å². The number of halogens is 3. The zero-order valence-corrected chi connectivity index (χ0v) is 13.0. The zero-order valence-electron chi connectivity index (χ0n) is 11.5. The lowest BCUT2D eigenvalue weighted by atomic mass is 10.3. The van der Waals surface area contributed by atoms with Crippen molar-refractivity contribution in [3.05, 3.63) is 62.8 Å². The molecule has 1 aromatic heterocycles. The van der Waals surface area contributed by atoms with E-state index in [2.05, 4.69) is 5.32 Å². The van der Waals surface area contributed by atoms with Crippen LogP contribution in [-0.4, -0.2) is 10.5 Å². The van der Waals surface area contributed by atoms with Crippen LogP contribution in [0.15, 0.2) is 45.6 Å². The second-order valence-electron chi connectivity index (χ2n) is 4.74. The summed E-state index contributed by atoms with van der Waals surface area (Å²) in [7, 11) is 0. The van der Waals surface area contributed by atoms with E-state index in [1.165, 1.54) is 22.8 Å². The van der Waals surface area contributed by atoms with Gasteiger partial charge in [-0.3, -0.25) is 9.36 Å². The summed E-state index contributed by atoms with van der Waals surface area (Å²) in [6.45, 7) is -0.277. The van der Waals surface area contributed by atoms with Crippen molar-refractivity contribution in [2.45, 2.75) is 6.54 Å². The molecule has 0 radical (unpaired) electrons. The van der Waals surface area contributed by atoms with Crippen LogP contribution in [0.2, 0.25) is 10.0 Å². The lowest BCUT2D eigenvalue weighted by Gasteiger charge is -2.07. The number of carbonyl (C=O) groups is 1. The van der Waals surface area contributed by atoms with Crippen molar-refractivity contribution >= 4 is 45.9 Å². The standard InChI is InChI=1S/C15H9Cl2FN2O3/c16-8-1-4-12-13(5-8)23-15(22)20(12)7-14(21)19-11-3-2-9(18)6-10(11)17/h1-6H,7H2,(H,19,21). The van der Waals surface area contributed by atoms with Gasteiger partial charge >= 0.3 is 5.76 Å². The van der Waals surface area contributed by atoms with Crippen molar-refractivity contribution in [1.29, 1.82) is 0 Å². The number of anilines is 1. The summed E-state index contributed by atoms with van der Waals surface area (Å²) in [5, 5.41) is 3.00. The summed E-state index contributed by atoms with van der Waals surface area (Å²) >= 11 is 11.7. The number of hydrogen-bond donors (Lipinski definition) is 1. The number of nitrogens with one attached hydrogen (secondary N) is 1. The minimum Gasteiger partial charge on any atom is -0.408 e. The Kier molecular flexibility index (Phi) is 4.11. The summed E-state index contributed by atoms with van der Waals surface area (Å²) in [6.07, 6.45) is 0. The molecule has 0 saturated heterocycles. The fraction of sp³-hybridized carbons (Fsp3) is 0.0667. The molecule has 23 heavy (non-hydrogen) atoms. The molecule has 0 atom stereocenters. The molecule has 0 bridgehead atoms. The second kappa shape index (κ2) is 6.06. The van der Waals surface area contributed by atoms with Crippen LogP contribution in [-0.2, 0) is 11.3 Å². The molecule has 3 aromatic rings. The fourth-order valence-electron chi connectivity index (χ4n) is 2.11. The number of fused-ring (bicyclic) bond motifs is 1. The molecular weight excluding hydrogens is 346 g/mol. The second-order valence-corrected chi connectivity index (χ2v) is 5.58. The number of amides is 1. The first-order valence-corrected chi connectivity index (χ1v) is 7.23. The molecule has 3 rings (SSSR count). The molecule has 1 heterocycles. The summed E-state index contributed by atoms with van der Waals surface area (Å²) in [4.78, 5) is 23.9. The molecule has 0 spiro atoms. The highest BCUT2D eigenvalue weighted by molar-refractivity contribution is 6.33. The summed E-state index contributed by atoms with van der Waals surface area (Å²) in [5.41, 5.74) is 0.983. The maximum absolute atomic E-state index is 13.0.